The molecule has 0 radical (unpaired) electrons. The fourth-order valence-electron chi connectivity index (χ4n) is 8.89. The van der Waals surface area contributed by atoms with Crippen LogP contribution in [-0.2, 0) is 38.0 Å². The van der Waals surface area contributed by atoms with Crippen LogP contribution in [-0.4, -0.2) is 136 Å². The Morgan fingerprint density at radius 3 is 2.20 bits per heavy atom. The minimum atomic E-state index is -1.82. The monoisotopic (exact) mass is 729 g/mol. The molecule has 3 fully saturated rings. The van der Waals surface area contributed by atoms with Gasteiger partial charge in [-0.05, 0) is 80.5 Å². The van der Waals surface area contributed by atoms with Gasteiger partial charge in [0.25, 0.3) is 0 Å². The molecule has 0 aliphatic carbocycles. The lowest BCUT2D eigenvalue weighted by molar-refractivity contribution is -0.317. The van der Waals surface area contributed by atoms with Gasteiger partial charge >= 0.3 is 5.97 Å². The summed E-state index contributed by atoms with van der Waals surface area (Å²) in [6, 6.07) is -0.221. The number of likely N-dealkylation sites (N-methyl/N-ethyl adjacent to an activating group) is 1. The molecule has 4 aliphatic rings. The van der Waals surface area contributed by atoms with Crippen molar-refractivity contribution in [1.82, 2.24) is 4.90 Å². The minimum Gasteiger partial charge on any atom is -0.489 e. The predicted octanol–water partition coefficient (Wildman–Crippen LogP) is 3.28. The van der Waals surface area contributed by atoms with Crippen molar-refractivity contribution in [1.29, 1.82) is 0 Å². The zero-order chi connectivity index (χ0) is 38.4. The summed E-state index contributed by atoms with van der Waals surface area (Å²) in [4.78, 5) is 16.2. The van der Waals surface area contributed by atoms with Gasteiger partial charge in [0.2, 0.25) is 0 Å². The number of hydrogen-bond acceptors (Lipinski definition) is 13. The molecule has 0 aromatic heterocycles. The quantitative estimate of drug-likeness (QED) is 0.269. The molecule has 13 heteroatoms. The summed E-state index contributed by atoms with van der Waals surface area (Å²) in [7, 11) is 3.49. The van der Waals surface area contributed by atoms with Crippen molar-refractivity contribution in [2.24, 2.45) is 17.8 Å². The fraction of sp³-hybridized carbons (Fsp3) is 0.921. The van der Waals surface area contributed by atoms with E-state index < -0.39 is 95.8 Å². The van der Waals surface area contributed by atoms with E-state index in [1.54, 1.807) is 34.6 Å². The summed E-state index contributed by atoms with van der Waals surface area (Å²) in [6.07, 6.45) is -7.37. The van der Waals surface area contributed by atoms with Crippen molar-refractivity contribution in [2.75, 3.05) is 20.7 Å². The van der Waals surface area contributed by atoms with Crippen molar-refractivity contribution in [2.45, 2.75) is 186 Å². The van der Waals surface area contributed by atoms with Crippen molar-refractivity contribution in [3.05, 3.63) is 11.3 Å². The molecule has 3 saturated heterocycles. The number of methoxy groups -OCH3 is 1. The van der Waals surface area contributed by atoms with Gasteiger partial charge in [-0.2, -0.15) is 0 Å². The molecule has 0 amide bonds. The van der Waals surface area contributed by atoms with Gasteiger partial charge in [-0.1, -0.05) is 27.7 Å². The second kappa shape index (κ2) is 16.1. The first kappa shape index (κ1) is 42.4. The van der Waals surface area contributed by atoms with E-state index in [2.05, 4.69) is 4.90 Å². The summed E-state index contributed by atoms with van der Waals surface area (Å²) >= 11 is 0. The van der Waals surface area contributed by atoms with Gasteiger partial charge in [-0.25, -0.2) is 0 Å². The zero-order valence-corrected chi connectivity index (χ0v) is 33.1. The first-order chi connectivity index (χ1) is 23.6. The van der Waals surface area contributed by atoms with Crippen LogP contribution in [0.4, 0.5) is 0 Å². The van der Waals surface area contributed by atoms with Crippen LogP contribution in [0.1, 0.15) is 102 Å². The molecule has 13 nitrogen and oxygen atoms in total. The number of carbonyl (C=O) groups is 1. The number of ether oxygens (including phenoxy) is 7. The maximum atomic E-state index is 14.1. The van der Waals surface area contributed by atoms with E-state index in [0.717, 1.165) is 12.1 Å². The maximum absolute atomic E-state index is 14.1. The van der Waals surface area contributed by atoms with Gasteiger partial charge in [0.1, 0.15) is 41.4 Å². The summed E-state index contributed by atoms with van der Waals surface area (Å²) in [6.45, 7) is 20.8. The van der Waals surface area contributed by atoms with Gasteiger partial charge in [0.15, 0.2) is 12.6 Å². The van der Waals surface area contributed by atoms with Crippen LogP contribution in [0.2, 0.25) is 0 Å². The number of fused-ring (bicyclic) bond motifs is 2. The first-order valence-corrected chi connectivity index (χ1v) is 18.9. The van der Waals surface area contributed by atoms with Crippen molar-refractivity contribution in [3.63, 3.8) is 0 Å². The van der Waals surface area contributed by atoms with E-state index >= 15 is 0 Å². The van der Waals surface area contributed by atoms with Crippen LogP contribution in [0.15, 0.2) is 11.3 Å². The Bertz CT molecular complexity index is 1230. The number of rotatable bonds is 8. The molecule has 0 aromatic carbocycles. The predicted molar refractivity (Wildman–Crippen MR) is 188 cm³/mol. The van der Waals surface area contributed by atoms with E-state index in [0.29, 0.717) is 18.6 Å². The summed E-state index contributed by atoms with van der Waals surface area (Å²) < 4.78 is 44.8. The van der Waals surface area contributed by atoms with E-state index in [9.17, 15) is 25.2 Å². The number of aliphatic hydroxyl groups is 4. The number of esters is 1. The van der Waals surface area contributed by atoms with Crippen molar-refractivity contribution < 1.29 is 58.4 Å². The summed E-state index contributed by atoms with van der Waals surface area (Å²) in [5.41, 5.74) is -3.00. The SMILES string of the molecule is CC[C@H]1OC(=O)[C@H](C)[C@@H](O[C@H]2C[C@@](C)(OC)[C@@H](O)[C@H](C)O2)[C@H](C)[C@@H](O[C@@H]2O[C@H](C)C[C@H](N(C)CC)[C@H]2O)C2(C)CC(C)=C(O2)[C@H](C)[C@@H](O)[C@]1(C)O. The largest absolute Gasteiger partial charge is 0.489 e. The molecule has 4 aliphatic heterocycles. The molecule has 296 valence electrons. The fourth-order valence-corrected chi connectivity index (χ4v) is 8.89. The van der Waals surface area contributed by atoms with Crippen molar-refractivity contribution >= 4 is 5.97 Å². The molecule has 1 unspecified atom stereocenters. The number of cyclic esters (lactones) is 1. The Morgan fingerprint density at radius 1 is 0.961 bits per heavy atom. The van der Waals surface area contributed by atoms with Crippen LogP contribution in [0, 0.1) is 17.8 Å². The van der Waals surface area contributed by atoms with Crippen LogP contribution < -0.4 is 0 Å². The third-order valence-corrected chi connectivity index (χ3v) is 12.4. The average molecular weight is 730 g/mol. The lowest BCUT2D eigenvalue weighted by Gasteiger charge is -2.48. The van der Waals surface area contributed by atoms with E-state index in [4.69, 9.17) is 33.2 Å². The Balaban J connectivity index is 1.84. The first-order valence-electron chi connectivity index (χ1n) is 18.9. The molecule has 0 saturated carbocycles. The number of hydrogen-bond donors (Lipinski definition) is 4. The Hall–Kier alpha value is -1.39. The zero-order valence-electron chi connectivity index (χ0n) is 33.1. The van der Waals surface area contributed by atoms with Gasteiger partial charge < -0.3 is 58.5 Å². The van der Waals surface area contributed by atoms with E-state index in [1.165, 1.54) is 14.0 Å². The third-order valence-electron chi connectivity index (χ3n) is 12.4. The highest BCUT2D eigenvalue weighted by molar-refractivity contribution is 5.73. The molecule has 0 spiro atoms. The second-order valence-electron chi connectivity index (χ2n) is 16.5. The molecule has 17 atom stereocenters. The Labute approximate surface area is 304 Å². The highest BCUT2D eigenvalue weighted by Crippen LogP contribution is 2.47. The molecule has 4 N–H and O–H groups in total. The lowest BCUT2D eigenvalue weighted by atomic mass is 9.78. The molecule has 4 heterocycles. The van der Waals surface area contributed by atoms with E-state index in [1.807, 2.05) is 41.7 Å². The standard InChI is InChI=1S/C38H67NO12/c1-14-26-38(11,44)31(41)21(5)29-19(3)17-37(10,51-29)33(50-35-28(40)25(39(12)15-2)16-20(4)46-35)22(6)30(23(7)34(43)48-26)49-27-18-36(9,45-13)32(42)24(8)47-27/h20-28,30-33,35,40-42,44H,14-18H2,1-13H3/t20-,21+,22+,23-,24+,25+,26-,27+,28-,30+,31-,32+,33-,35+,36-,37?,38-/m1/s1. The highest BCUT2D eigenvalue weighted by Gasteiger charge is 2.56. The van der Waals surface area contributed by atoms with Crippen molar-refractivity contribution in [3.8, 4) is 0 Å². The highest BCUT2D eigenvalue weighted by atomic mass is 16.7. The number of aliphatic hydroxyl groups excluding tert-OH is 3. The molecule has 51 heavy (non-hydrogen) atoms. The van der Waals surface area contributed by atoms with Gasteiger partial charge in [-0.3, -0.25) is 4.79 Å². The van der Waals surface area contributed by atoms with Crippen LogP contribution in [0.3, 0.4) is 0 Å². The topological polar surface area (TPSA) is 166 Å². The number of nitrogens with zero attached hydrogens (tertiary/aromatic N) is 1. The smallest absolute Gasteiger partial charge is 0.311 e. The van der Waals surface area contributed by atoms with Gasteiger partial charge in [-0.15, -0.1) is 0 Å². The molecule has 2 bridgehead atoms. The Kier molecular flexibility index (Phi) is 13.4. The average Bonchev–Trinajstić information content (AvgIpc) is 3.40. The second-order valence-corrected chi connectivity index (χ2v) is 16.5. The van der Waals surface area contributed by atoms with Gasteiger partial charge in [0, 0.05) is 37.8 Å². The third kappa shape index (κ3) is 8.33. The number of carbonyl (C=O) groups excluding carboxylic acids is 1. The molecular formula is C38H67NO12. The normalized spacial score (nSPS) is 48.8. The van der Waals surface area contributed by atoms with Crippen LogP contribution >= 0.6 is 0 Å². The summed E-state index contributed by atoms with van der Waals surface area (Å²) in [5.74, 6) is -2.31. The Morgan fingerprint density at radius 2 is 1.61 bits per heavy atom. The molecular weight excluding hydrogens is 662 g/mol. The summed E-state index contributed by atoms with van der Waals surface area (Å²) in [5, 5.41) is 46.0. The van der Waals surface area contributed by atoms with Gasteiger partial charge in [0.05, 0.1) is 35.9 Å². The molecule has 0 aromatic rings. The van der Waals surface area contributed by atoms with E-state index in [-0.39, 0.29) is 25.0 Å². The molecule has 4 rings (SSSR count). The lowest BCUT2D eigenvalue weighted by Crippen LogP contribution is -2.60. The minimum absolute atomic E-state index is 0.174. The maximum Gasteiger partial charge on any atom is 0.311 e. The van der Waals surface area contributed by atoms with Crippen LogP contribution in [0.5, 0.6) is 0 Å². The van der Waals surface area contributed by atoms with Crippen LogP contribution in [0.25, 0.3) is 0 Å².